The molecule has 2 N–H and O–H groups in total. The molecule has 0 saturated carbocycles. The third-order valence-corrected chi connectivity index (χ3v) is 1.87. The summed E-state index contributed by atoms with van der Waals surface area (Å²) in [5.74, 6) is 0.791. The van der Waals surface area contributed by atoms with E-state index in [0.717, 1.165) is 24.1 Å². The minimum Gasteiger partial charge on any atom is -0.363 e. The normalized spacial score (nSPS) is 10.0. The summed E-state index contributed by atoms with van der Waals surface area (Å²) < 4.78 is 0. The Bertz CT molecular complexity index is 124. The van der Waals surface area contributed by atoms with Crippen molar-refractivity contribution in [2.24, 2.45) is 5.92 Å². The van der Waals surface area contributed by atoms with E-state index in [2.05, 4.69) is 24.5 Å². The van der Waals surface area contributed by atoms with Crippen LogP contribution in [0.2, 0.25) is 0 Å². The largest absolute Gasteiger partial charge is 0.363 e. The Labute approximate surface area is 81.1 Å². The van der Waals surface area contributed by atoms with Crippen molar-refractivity contribution in [3.8, 4) is 0 Å². The highest BCUT2D eigenvalue weighted by Crippen LogP contribution is 2.01. The maximum atomic E-state index is 5.01. The maximum absolute atomic E-state index is 5.01. The Kier molecular flexibility index (Phi) is 7.16. The van der Waals surface area contributed by atoms with E-state index in [1.807, 2.05) is 6.92 Å². The molecule has 0 aliphatic carbocycles. The van der Waals surface area contributed by atoms with Gasteiger partial charge in [0.25, 0.3) is 0 Å². The van der Waals surface area contributed by atoms with E-state index in [-0.39, 0.29) is 0 Å². The van der Waals surface area contributed by atoms with E-state index in [0.29, 0.717) is 0 Å². The predicted molar refractivity (Wildman–Crippen MR) is 58.3 cm³/mol. The van der Waals surface area contributed by atoms with Gasteiger partial charge in [0.05, 0.1) is 0 Å². The summed E-state index contributed by atoms with van der Waals surface area (Å²) in [6, 6.07) is 0. The second-order valence-electron chi connectivity index (χ2n) is 3.32. The summed E-state index contributed by atoms with van der Waals surface area (Å²) in [5, 5.41) is 6.99. The van der Waals surface area contributed by atoms with Crippen LogP contribution in [-0.2, 0) is 0 Å². The zero-order chi connectivity index (χ0) is 9.40. The van der Waals surface area contributed by atoms with Crippen molar-refractivity contribution in [3.63, 3.8) is 0 Å². The molecule has 0 aromatic rings. The lowest BCUT2D eigenvalue weighted by atomic mass is 10.1. The molecule has 0 aliphatic heterocycles. The minimum atomic E-state index is 0.779. The molecule has 0 saturated heterocycles. The average molecular weight is 188 g/mol. The number of rotatable bonds is 5. The molecule has 0 rings (SSSR count). The van der Waals surface area contributed by atoms with E-state index in [1.165, 1.54) is 12.8 Å². The van der Waals surface area contributed by atoms with Gasteiger partial charge < -0.3 is 10.6 Å². The lowest BCUT2D eigenvalue weighted by molar-refractivity contribution is 0.550. The molecule has 0 atom stereocenters. The van der Waals surface area contributed by atoms with Crippen LogP contribution in [0.4, 0.5) is 0 Å². The summed E-state index contributed by atoms with van der Waals surface area (Å²) in [6.45, 7) is 8.41. The van der Waals surface area contributed by atoms with Crippen molar-refractivity contribution in [1.82, 2.24) is 10.6 Å². The molecule has 0 radical (unpaired) electrons. The van der Waals surface area contributed by atoms with Gasteiger partial charge >= 0.3 is 0 Å². The molecule has 12 heavy (non-hydrogen) atoms. The highest BCUT2D eigenvalue weighted by molar-refractivity contribution is 7.80. The van der Waals surface area contributed by atoms with E-state index in [1.54, 1.807) is 0 Å². The Morgan fingerprint density at radius 2 is 2.00 bits per heavy atom. The first kappa shape index (κ1) is 11.7. The van der Waals surface area contributed by atoms with Gasteiger partial charge in [-0.2, -0.15) is 0 Å². The Balaban J connectivity index is 3.14. The molecule has 0 amide bonds. The van der Waals surface area contributed by atoms with Gasteiger partial charge in [0.2, 0.25) is 0 Å². The first-order valence-electron chi connectivity index (χ1n) is 4.68. The van der Waals surface area contributed by atoms with E-state index in [4.69, 9.17) is 12.2 Å². The fraction of sp³-hybridized carbons (Fsp3) is 0.889. The fourth-order valence-corrected chi connectivity index (χ4v) is 1.18. The molecular formula is C9H20N2S. The molecule has 0 aromatic heterocycles. The van der Waals surface area contributed by atoms with Crippen LogP contribution in [0.1, 0.15) is 33.6 Å². The van der Waals surface area contributed by atoms with Gasteiger partial charge in [-0.25, -0.2) is 0 Å². The highest BCUT2D eigenvalue weighted by atomic mass is 32.1. The van der Waals surface area contributed by atoms with Crippen molar-refractivity contribution in [2.75, 3.05) is 13.1 Å². The van der Waals surface area contributed by atoms with E-state index < -0.39 is 0 Å². The molecule has 0 unspecified atom stereocenters. The Hall–Kier alpha value is -0.310. The number of hydrogen-bond donors (Lipinski definition) is 2. The molecule has 0 heterocycles. The van der Waals surface area contributed by atoms with Crippen LogP contribution in [0, 0.1) is 5.92 Å². The molecule has 0 spiro atoms. The molecule has 0 aliphatic rings. The van der Waals surface area contributed by atoms with Crippen LogP contribution in [0.25, 0.3) is 0 Å². The lowest BCUT2D eigenvalue weighted by Gasteiger charge is -2.09. The van der Waals surface area contributed by atoms with Crippen molar-refractivity contribution < 1.29 is 0 Å². The van der Waals surface area contributed by atoms with Crippen molar-refractivity contribution in [1.29, 1.82) is 0 Å². The van der Waals surface area contributed by atoms with Crippen molar-refractivity contribution >= 4 is 17.3 Å². The van der Waals surface area contributed by atoms with Crippen molar-refractivity contribution in [3.05, 3.63) is 0 Å². The number of thiocarbonyl (C=S) groups is 1. The second kappa shape index (κ2) is 7.35. The standard InChI is InChI=1S/C9H20N2S/c1-4-10-9(12)11-7-5-6-8(2)3/h8H,4-7H2,1-3H3,(H2,10,11,12). The van der Waals surface area contributed by atoms with Crippen LogP contribution < -0.4 is 10.6 Å². The monoisotopic (exact) mass is 188 g/mol. The number of nitrogens with one attached hydrogen (secondary N) is 2. The van der Waals surface area contributed by atoms with Crippen LogP contribution in [0.3, 0.4) is 0 Å². The topological polar surface area (TPSA) is 24.1 Å². The van der Waals surface area contributed by atoms with Crippen molar-refractivity contribution in [2.45, 2.75) is 33.6 Å². The van der Waals surface area contributed by atoms with E-state index >= 15 is 0 Å². The molecule has 0 bridgehead atoms. The quantitative estimate of drug-likeness (QED) is 0.509. The van der Waals surface area contributed by atoms with Gasteiger partial charge in [-0.1, -0.05) is 13.8 Å². The van der Waals surface area contributed by atoms with Gasteiger partial charge in [0, 0.05) is 13.1 Å². The highest BCUT2D eigenvalue weighted by Gasteiger charge is 1.94. The second-order valence-corrected chi connectivity index (χ2v) is 3.73. The predicted octanol–water partition coefficient (Wildman–Crippen LogP) is 1.91. The maximum Gasteiger partial charge on any atom is 0.166 e. The Morgan fingerprint density at radius 3 is 2.50 bits per heavy atom. The molecular weight excluding hydrogens is 168 g/mol. The average Bonchev–Trinajstić information content (AvgIpc) is 1.98. The Morgan fingerprint density at radius 1 is 1.33 bits per heavy atom. The third kappa shape index (κ3) is 7.79. The molecule has 0 aromatic carbocycles. The fourth-order valence-electron chi connectivity index (χ4n) is 0.935. The summed E-state index contributed by atoms with van der Waals surface area (Å²) in [5.41, 5.74) is 0. The van der Waals surface area contributed by atoms with Gasteiger partial charge in [-0.3, -0.25) is 0 Å². The summed E-state index contributed by atoms with van der Waals surface area (Å²) in [7, 11) is 0. The summed E-state index contributed by atoms with van der Waals surface area (Å²) in [4.78, 5) is 0. The molecule has 72 valence electrons. The summed E-state index contributed by atoms with van der Waals surface area (Å²) in [6.07, 6.45) is 2.46. The van der Waals surface area contributed by atoms with Gasteiger partial charge in [-0.05, 0) is 37.9 Å². The van der Waals surface area contributed by atoms with Gasteiger partial charge in [-0.15, -0.1) is 0 Å². The van der Waals surface area contributed by atoms with Crippen LogP contribution in [0.5, 0.6) is 0 Å². The smallest absolute Gasteiger partial charge is 0.166 e. The first-order valence-corrected chi connectivity index (χ1v) is 5.09. The van der Waals surface area contributed by atoms with Crippen LogP contribution in [-0.4, -0.2) is 18.2 Å². The molecule has 3 heteroatoms. The van der Waals surface area contributed by atoms with Gasteiger partial charge in [0.1, 0.15) is 0 Å². The lowest BCUT2D eigenvalue weighted by Crippen LogP contribution is -2.35. The SMILES string of the molecule is CCNC(=S)NCCCC(C)C. The van der Waals surface area contributed by atoms with Crippen LogP contribution >= 0.6 is 12.2 Å². The first-order chi connectivity index (χ1) is 5.66. The number of hydrogen-bond acceptors (Lipinski definition) is 1. The summed E-state index contributed by atoms with van der Waals surface area (Å²) >= 11 is 5.01. The van der Waals surface area contributed by atoms with Crippen LogP contribution in [0.15, 0.2) is 0 Å². The zero-order valence-corrected chi connectivity index (χ0v) is 9.13. The molecule has 0 fully saturated rings. The minimum absolute atomic E-state index is 0.779. The molecule has 2 nitrogen and oxygen atoms in total. The van der Waals surface area contributed by atoms with Gasteiger partial charge in [0.15, 0.2) is 5.11 Å². The van der Waals surface area contributed by atoms with E-state index in [9.17, 15) is 0 Å². The third-order valence-electron chi connectivity index (χ3n) is 1.58. The zero-order valence-electron chi connectivity index (χ0n) is 8.31.